The lowest BCUT2D eigenvalue weighted by Gasteiger charge is -2.00. The van der Waals surface area contributed by atoms with Crippen LogP contribution in [0.15, 0.2) is 0 Å². The van der Waals surface area contributed by atoms with Gasteiger partial charge in [-0.2, -0.15) is 0 Å². The average molecular weight is 126 g/mol. The molecule has 2 radical (unpaired) electrons. The van der Waals surface area contributed by atoms with E-state index in [0.29, 0.717) is 12.8 Å². The fourth-order valence-electron chi connectivity index (χ4n) is 0.550. The molecule has 0 saturated carbocycles. The molecule has 0 heterocycles. The minimum absolute atomic E-state index is 0.281. The SMILES string of the molecule is CC(C[C]=O)CC[C]=O. The summed E-state index contributed by atoms with van der Waals surface area (Å²) in [6.45, 7) is 1.92. The van der Waals surface area contributed by atoms with Crippen molar-refractivity contribution in [2.75, 3.05) is 0 Å². The van der Waals surface area contributed by atoms with E-state index < -0.39 is 0 Å². The van der Waals surface area contributed by atoms with Gasteiger partial charge in [-0.3, -0.25) is 9.59 Å². The summed E-state index contributed by atoms with van der Waals surface area (Å²) in [4.78, 5) is 19.4. The van der Waals surface area contributed by atoms with Crippen molar-refractivity contribution in [1.82, 2.24) is 0 Å². The first kappa shape index (κ1) is 8.34. The van der Waals surface area contributed by atoms with Crippen LogP contribution < -0.4 is 0 Å². The zero-order chi connectivity index (χ0) is 7.11. The molecule has 0 amide bonds. The van der Waals surface area contributed by atoms with Crippen molar-refractivity contribution in [3.05, 3.63) is 0 Å². The van der Waals surface area contributed by atoms with Gasteiger partial charge in [0.25, 0.3) is 0 Å². The Balaban J connectivity index is 3.14. The largest absolute Gasteiger partial charge is 0.291 e. The molecular weight excluding hydrogens is 116 g/mol. The monoisotopic (exact) mass is 126 g/mol. The first-order valence-electron chi connectivity index (χ1n) is 3.01. The lowest BCUT2D eigenvalue weighted by Crippen LogP contribution is -1.94. The van der Waals surface area contributed by atoms with E-state index in [1.54, 1.807) is 12.6 Å². The number of rotatable bonds is 5. The maximum absolute atomic E-state index is 9.75. The zero-order valence-corrected chi connectivity index (χ0v) is 5.52. The highest BCUT2D eigenvalue weighted by Gasteiger charge is 1.99. The Morgan fingerprint density at radius 3 is 2.44 bits per heavy atom. The zero-order valence-electron chi connectivity index (χ0n) is 5.52. The van der Waals surface area contributed by atoms with Gasteiger partial charge < -0.3 is 0 Å². The molecule has 2 heteroatoms. The molecule has 0 saturated heterocycles. The molecule has 0 spiro atoms. The van der Waals surface area contributed by atoms with Crippen molar-refractivity contribution < 1.29 is 9.59 Å². The Labute approximate surface area is 55.3 Å². The second-order valence-electron chi connectivity index (χ2n) is 2.14. The Kier molecular flexibility index (Phi) is 5.07. The van der Waals surface area contributed by atoms with E-state index in [9.17, 15) is 9.59 Å². The van der Waals surface area contributed by atoms with E-state index in [1.807, 2.05) is 6.92 Å². The summed E-state index contributed by atoms with van der Waals surface area (Å²) in [6, 6.07) is 0. The lowest BCUT2D eigenvalue weighted by atomic mass is 10.0. The highest BCUT2D eigenvalue weighted by Crippen LogP contribution is 2.05. The van der Waals surface area contributed by atoms with Crippen LogP contribution in [-0.4, -0.2) is 12.6 Å². The first-order valence-corrected chi connectivity index (χ1v) is 3.01. The van der Waals surface area contributed by atoms with Crippen LogP contribution in [0.25, 0.3) is 0 Å². The standard InChI is InChI=1S/C7H10O2/c1-7(4-6-9)3-2-5-8/h7H,2-4H2,1H3. The molecule has 0 fully saturated rings. The van der Waals surface area contributed by atoms with Crippen molar-refractivity contribution in [3.8, 4) is 0 Å². The van der Waals surface area contributed by atoms with Crippen LogP contribution in [0.3, 0.4) is 0 Å². The van der Waals surface area contributed by atoms with E-state index in [2.05, 4.69) is 0 Å². The smallest absolute Gasteiger partial charge is 0.198 e. The molecule has 0 bridgehead atoms. The van der Waals surface area contributed by atoms with Crippen molar-refractivity contribution >= 4 is 12.6 Å². The van der Waals surface area contributed by atoms with Gasteiger partial charge in [-0.25, -0.2) is 0 Å². The van der Waals surface area contributed by atoms with Gasteiger partial charge in [-0.05, 0) is 12.3 Å². The summed E-state index contributed by atoms with van der Waals surface area (Å²) < 4.78 is 0. The molecule has 0 aromatic heterocycles. The molecule has 9 heavy (non-hydrogen) atoms. The van der Waals surface area contributed by atoms with Crippen LogP contribution in [-0.2, 0) is 9.59 Å². The van der Waals surface area contributed by atoms with Gasteiger partial charge in [-0.15, -0.1) is 0 Å². The van der Waals surface area contributed by atoms with Crippen molar-refractivity contribution in [3.63, 3.8) is 0 Å². The minimum Gasteiger partial charge on any atom is -0.291 e. The maximum atomic E-state index is 9.75. The van der Waals surface area contributed by atoms with Gasteiger partial charge in [0, 0.05) is 12.8 Å². The molecule has 0 aliphatic carbocycles. The lowest BCUT2D eigenvalue weighted by molar-refractivity contribution is 0.498. The quantitative estimate of drug-likeness (QED) is 0.551. The summed E-state index contributed by atoms with van der Waals surface area (Å²) in [5, 5.41) is 0. The third kappa shape index (κ3) is 5.21. The molecule has 1 atom stereocenters. The van der Waals surface area contributed by atoms with Gasteiger partial charge in [0.1, 0.15) is 0 Å². The Bertz CT molecular complexity index is 88.9. The molecule has 0 rings (SSSR count). The molecule has 0 aliphatic rings. The molecule has 1 unspecified atom stereocenters. The van der Waals surface area contributed by atoms with Crippen LogP contribution in [0.4, 0.5) is 0 Å². The van der Waals surface area contributed by atoms with E-state index in [1.165, 1.54) is 0 Å². The van der Waals surface area contributed by atoms with Gasteiger partial charge in [0.2, 0.25) is 0 Å². The van der Waals surface area contributed by atoms with Crippen LogP contribution in [0.1, 0.15) is 26.2 Å². The highest BCUT2D eigenvalue weighted by molar-refractivity contribution is 5.52. The topological polar surface area (TPSA) is 34.1 Å². The number of carbonyl (C=O) groups excluding carboxylic acids is 2. The molecule has 50 valence electrons. The number of hydrogen-bond donors (Lipinski definition) is 0. The predicted octanol–water partition coefficient (Wildman–Crippen LogP) is 1.01. The van der Waals surface area contributed by atoms with Gasteiger partial charge in [0.05, 0.1) is 0 Å². The third-order valence-electron chi connectivity index (χ3n) is 1.17. The minimum atomic E-state index is 0.281. The fourth-order valence-corrected chi connectivity index (χ4v) is 0.550. The van der Waals surface area contributed by atoms with Crippen LogP contribution in [0.2, 0.25) is 0 Å². The van der Waals surface area contributed by atoms with Gasteiger partial charge >= 0.3 is 0 Å². The van der Waals surface area contributed by atoms with Gasteiger partial charge in [-0.1, -0.05) is 6.92 Å². The van der Waals surface area contributed by atoms with E-state index in [0.717, 1.165) is 6.42 Å². The summed E-state index contributed by atoms with van der Waals surface area (Å²) in [5.74, 6) is 0.281. The predicted molar refractivity (Wildman–Crippen MR) is 34.4 cm³/mol. The molecule has 2 nitrogen and oxygen atoms in total. The number of hydrogen-bond acceptors (Lipinski definition) is 2. The molecular formula is C7H10O2. The van der Waals surface area contributed by atoms with E-state index in [-0.39, 0.29) is 5.92 Å². The normalized spacial score (nSPS) is 12.6. The Morgan fingerprint density at radius 2 is 2.00 bits per heavy atom. The average Bonchev–Trinajstić information content (AvgIpc) is 1.85. The molecule has 0 aromatic rings. The third-order valence-corrected chi connectivity index (χ3v) is 1.17. The van der Waals surface area contributed by atoms with Crippen molar-refractivity contribution in [2.24, 2.45) is 5.92 Å². The second-order valence-corrected chi connectivity index (χ2v) is 2.14. The van der Waals surface area contributed by atoms with E-state index >= 15 is 0 Å². The van der Waals surface area contributed by atoms with Crippen LogP contribution in [0.5, 0.6) is 0 Å². The second kappa shape index (κ2) is 5.48. The van der Waals surface area contributed by atoms with E-state index in [4.69, 9.17) is 0 Å². The summed E-state index contributed by atoms with van der Waals surface area (Å²) in [7, 11) is 0. The van der Waals surface area contributed by atoms with Gasteiger partial charge in [0.15, 0.2) is 12.6 Å². The van der Waals surface area contributed by atoms with Crippen LogP contribution >= 0.6 is 0 Å². The Morgan fingerprint density at radius 1 is 1.33 bits per heavy atom. The van der Waals surface area contributed by atoms with Crippen LogP contribution in [0, 0.1) is 5.92 Å². The molecule has 0 aliphatic heterocycles. The maximum Gasteiger partial charge on any atom is 0.198 e. The van der Waals surface area contributed by atoms with Crippen molar-refractivity contribution in [2.45, 2.75) is 26.2 Å². The fraction of sp³-hybridized carbons (Fsp3) is 0.714. The summed E-state index contributed by atoms with van der Waals surface area (Å²) in [6.07, 6.45) is 5.19. The Hall–Kier alpha value is -0.660. The molecule has 0 aromatic carbocycles. The summed E-state index contributed by atoms with van der Waals surface area (Å²) in [5.41, 5.74) is 0. The first-order chi connectivity index (χ1) is 4.31. The van der Waals surface area contributed by atoms with Crippen molar-refractivity contribution in [1.29, 1.82) is 0 Å². The summed E-state index contributed by atoms with van der Waals surface area (Å²) >= 11 is 0. The molecule has 0 N–H and O–H groups in total. The highest BCUT2D eigenvalue weighted by atomic mass is 16.1.